The molecule has 0 aliphatic heterocycles. The lowest BCUT2D eigenvalue weighted by molar-refractivity contribution is -0.138. The SMILES string of the molecule is Cc1ccc(NC(=O)c2ccc(N)nc2)cc1C(F)(F)F. The molecule has 1 aromatic carbocycles. The highest BCUT2D eigenvalue weighted by atomic mass is 19.4. The quantitative estimate of drug-likeness (QED) is 0.893. The van der Waals surface area contributed by atoms with E-state index in [-0.39, 0.29) is 22.6 Å². The number of benzene rings is 1. The molecule has 0 spiro atoms. The minimum absolute atomic E-state index is 0.0646. The van der Waals surface area contributed by atoms with Gasteiger partial charge in [-0.25, -0.2) is 4.98 Å². The number of nitrogens with one attached hydrogen (secondary N) is 1. The van der Waals surface area contributed by atoms with Crippen LogP contribution in [0, 0.1) is 6.92 Å². The fraction of sp³-hybridized carbons (Fsp3) is 0.143. The molecule has 1 heterocycles. The van der Waals surface area contributed by atoms with Crippen molar-refractivity contribution >= 4 is 17.4 Å². The maximum Gasteiger partial charge on any atom is 0.416 e. The van der Waals surface area contributed by atoms with Gasteiger partial charge in [-0.3, -0.25) is 4.79 Å². The summed E-state index contributed by atoms with van der Waals surface area (Å²) in [5.41, 5.74) is 4.98. The molecule has 0 fully saturated rings. The maximum atomic E-state index is 12.8. The minimum atomic E-state index is -4.46. The predicted octanol–water partition coefficient (Wildman–Crippen LogP) is 3.24. The molecule has 3 N–H and O–H groups in total. The van der Waals surface area contributed by atoms with E-state index >= 15 is 0 Å². The molecule has 1 amide bonds. The van der Waals surface area contributed by atoms with Gasteiger partial charge in [-0.1, -0.05) is 6.07 Å². The Bertz CT molecular complexity index is 666. The van der Waals surface area contributed by atoms with Crippen LogP contribution in [-0.4, -0.2) is 10.9 Å². The van der Waals surface area contributed by atoms with E-state index in [9.17, 15) is 18.0 Å². The molecule has 2 rings (SSSR count). The molecule has 0 aliphatic carbocycles. The molecule has 0 unspecified atom stereocenters. The molecule has 110 valence electrons. The van der Waals surface area contributed by atoms with Crippen LogP contribution in [0.5, 0.6) is 0 Å². The number of hydrogen-bond donors (Lipinski definition) is 2. The third-order valence-electron chi connectivity index (χ3n) is 2.85. The minimum Gasteiger partial charge on any atom is -0.384 e. The number of halogens is 3. The zero-order valence-electron chi connectivity index (χ0n) is 11.0. The summed E-state index contributed by atoms with van der Waals surface area (Å²) in [5, 5.41) is 2.40. The van der Waals surface area contributed by atoms with Crippen molar-refractivity contribution in [2.45, 2.75) is 13.1 Å². The fourth-order valence-corrected chi connectivity index (χ4v) is 1.75. The van der Waals surface area contributed by atoms with Crippen molar-refractivity contribution in [2.24, 2.45) is 0 Å². The Morgan fingerprint density at radius 3 is 2.52 bits per heavy atom. The van der Waals surface area contributed by atoms with Crippen LogP contribution >= 0.6 is 0 Å². The van der Waals surface area contributed by atoms with Gasteiger partial charge in [-0.2, -0.15) is 13.2 Å². The van der Waals surface area contributed by atoms with Crippen molar-refractivity contribution in [1.82, 2.24) is 4.98 Å². The Labute approximate surface area is 118 Å². The van der Waals surface area contributed by atoms with E-state index in [1.54, 1.807) is 0 Å². The molecule has 0 aliphatic rings. The van der Waals surface area contributed by atoms with Gasteiger partial charge in [0, 0.05) is 11.9 Å². The molecule has 0 bridgehead atoms. The molecule has 21 heavy (non-hydrogen) atoms. The normalized spacial score (nSPS) is 11.2. The van der Waals surface area contributed by atoms with Crippen LogP contribution in [0.3, 0.4) is 0 Å². The summed E-state index contributed by atoms with van der Waals surface area (Å²) in [5.74, 6) is -0.305. The molecular weight excluding hydrogens is 283 g/mol. The summed E-state index contributed by atoms with van der Waals surface area (Å²) >= 11 is 0. The number of alkyl halides is 3. The fourth-order valence-electron chi connectivity index (χ4n) is 1.75. The second-order valence-electron chi connectivity index (χ2n) is 4.45. The molecule has 7 heteroatoms. The summed E-state index contributed by atoms with van der Waals surface area (Å²) in [6, 6.07) is 6.49. The standard InChI is InChI=1S/C14H12F3N3O/c1-8-2-4-10(6-11(8)14(15,16)17)20-13(21)9-3-5-12(18)19-7-9/h2-7H,1H3,(H2,18,19)(H,20,21). The predicted molar refractivity (Wildman–Crippen MR) is 72.8 cm³/mol. The van der Waals surface area contributed by atoms with Gasteiger partial charge in [-0.05, 0) is 36.8 Å². The first kappa shape index (κ1) is 14.8. The summed E-state index contributed by atoms with van der Waals surface area (Å²) in [6.45, 7) is 1.36. The van der Waals surface area contributed by atoms with Crippen LogP contribution < -0.4 is 11.1 Å². The zero-order chi connectivity index (χ0) is 15.6. The smallest absolute Gasteiger partial charge is 0.384 e. The van der Waals surface area contributed by atoms with Gasteiger partial charge in [0.15, 0.2) is 0 Å². The third kappa shape index (κ3) is 3.50. The number of nitrogen functional groups attached to an aromatic ring is 1. The van der Waals surface area contributed by atoms with Crippen LogP contribution in [0.2, 0.25) is 0 Å². The molecule has 4 nitrogen and oxygen atoms in total. The highest BCUT2D eigenvalue weighted by Crippen LogP contribution is 2.33. The molecule has 1 aromatic heterocycles. The largest absolute Gasteiger partial charge is 0.416 e. The first-order chi connectivity index (χ1) is 9.77. The number of amides is 1. The lowest BCUT2D eigenvalue weighted by Crippen LogP contribution is -2.14. The number of nitrogens with two attached hydrogens (primary N) is 1. The van der Waals surface area contributed by atoms with Gasteiger partial charge in [0.1, 0.15) is 5.82 Å². The van der Waals surface area contributed by atoms with Gasteiger partial charge < -0.3 is 11.1 Å². The van der Waals surface area contributed by atoms with Crippen LogP contribution in [-0.2, 0) is 6.18 Å². The van der Waals surface area contributed by atoms with Crippen molar-refractivity contribution in [1.29, 1.82) is 0 Å². The van der Waals surface area contributed by atoms with E-state index < -0.39 is 17.6 Å². The van der Waals surface area contributed by atoms with Crippen molar-refractivity contribution in [3.05, 3.63) is 53.2 Å². The number of carbonyl (C=O) groups excluding carboxylic acids is 1. The molecule has 2 aromatic rings. The molecule has 0 atom stereocenters. The molecule has 0 saturated heterocycles. The Balaban J connectivity index is 2.24. The first-order valence-electron chi connectivity index (χ1n) is 5.98. The average molecular weight is 295 g/mol. The van der Waals surface area contributed by atoms with Gasteiger partial charge in [0.25, 0.3) is 5.91 Å². The van der Waals surface area contributed by atoms with Crippen molar-refractivity contribution in [3.8, 4) is 0 Å². The van der Waals surface area contributed by atoms with Gasteiger partial charge in [0.2, 0.25) is 0 Å². The summed E-state index contributed by atoms with van der Waals surface area (Å²) in [7, 11) is 0. The Hall–Kier alpha value is -2.57. The number of anilines is 2. The van der Waals surface area contributed by atoms with Crippen molar-refractivity contribution in [3.63, 3.8) is 0 Å². The summed E-state index contributed by atoms with van der Waals surface area (Å²) < 4.78 is 38.4. The first-order valence-corrected chi connectivity index (χ1v) is 5.98. The van der Waals surface area contributed by atoms with Gasteiger partial charge >= 0.3 is 6.18 Å². The summed E-state index contributed by atoms with van der Waals surface area (Å²) in [4.78, 5) is 15.6. The number of nitrogens with zero attached hydrogens (tertiary/aromatic N) is 1. The van der Waals surface area contributed by atoms with E-state index in [0.29, 0.717) is 0 Å². The average Bonchev–Trinajstić information content (AvgIpc) is 2.40. The monoisotopic (exact) mass is 295 g/mol. The number of hydrogen-bond acceptors (Lipinski definition) is 3. The second kappa shape index (κ2) is 5.43. The Morgan fingerprint density at radius 2 is 1.95 bits per heavy atom. The highest BCUT2D eigenvalue weighted by Gasteiger charge is 2.32. The highest BCUT2D eigenvalue weighted by molar-refractivity contribution is 6.04. The zero-order valence-corrected chi connectivity index (χ0v) is 11.0. The topological polar surface area (TPSA) is 68.0 Å². The Morgan fingerprint density at radius 1 is 1.24 bits per heavy atom. The second-order valence-corrected chi connectivity index (χ2v) is 4.45. The number of aromatic nitrogens is 1. The molecule has 0 radical (unpaired) electrons. The third-order valence-corrected chi connectivity index (χ3v) is 2.85. The van der Waals surface area contributed by atoms with Crippen LogP contribution in [0.1, 0.15) is 21.5 Å². The van der Waals surface area contributed by atoms with E-state index in [1.165, 1.54) is 37.4 Å². The van der Waals surface area contributed by atoms with Gasteiger partial charge in [0.05, 0.1) is 11.1 Å². The van der Waals surface area contributed by atoms with E-state index in [1.807, 2.05) is 0 Å². The van der Waals surface area contributed by atoms with E-state index in [2.05, 4.69) is 10.3 Å². The van der Waals surface area contributed by atoms with Crippen LogP contribution in [0.4, 0.5) is 24.7 Å². The Kier molecular flexibility index (Phi) is 3.84. The van der Waals surface area contributed by atoms with Crippen molar-refractivity contribution < 1.29 is 18.0 Å². The number of pyridine rings is 1. The van der Waals surface area contributed by atoms with E-state index in [0.717, 1.165) is 6.07 Å². The van der Waals surface area contributed by atoms with E-state index in [4.69, 9.17) is 5.73 Å². The van der Waals surface area contributed by atoms with Gasteiger partial charge in [-0.15, -0.1) is 0 Å². The summed E-state index contributed by atoms with van der Waals surface area (Å²) in [6.07, 6.45) is -3.21. The van der Waals surface area contributed by atoms with Crippen molar-refractivity contribution in [2.75, 3.05) is 11.1 Å². The maximum absolute atomic E-state index is 12.8. The number of rotatable bonds is 2. The number of aryl methyl sites for hydroxylation is 1. The van der Waals surface area contributed by atoms with Crippen LogP contribution in [0.15, 0.2) is 36.5 Å². The molecule has 0 saturated carbocycles. The lowest BCUT2D eigenvalue weighted by atomic mass is 10.1. The molecular formula is C14H12F3N3O. The van der Waals surface area contributed by atoms with Crippen LogP contribution in [0.25, 0.3) is 0 Å². The number of carbonyl (C=O) groups is 1. The lowest BCUT2D eigenvalue weighted by Gasteiger charge is -2.12.